The van der Waals surface area contributed by atoms with E-state index < -0.39 is 8.07 Å². The molecule has 1 aliphatic heterocycles. The Morgan fingerprint density at radius 1 is 0.385 bits per heavy atom. The zero-order valence-electron chi connectivity index (χ0n) is 28.2. The molecule has 0 bridgehead atoms. The van der Waals surface area contributed by atoms with E-state index in [9.17, 15) is 0 Å². The van der Waals surface area contributed by atoms with Crippen LogP contribution in [0.5, 0.6) is 0 Å². The monoisotopic (exact) mass is 713 g/mol. The molecule has 0 aliphatic carbocycles. The van der Waals surface area contributed by atoms with E-state index in [4.69, 9.17) is 0 Å². The molecular weight excluding hydrogens is 683 g/mol. The van der Waals surface area contributed by atoms with Gasteiger partial charge in [0, 0.05) is 48.0 Å². The summed E-state index contributed by atoms with van der Waals surface area (Å²) < 4.78 is 5.48. The van der Waals surface area contributed by atoms with Crippen LogP contribution in [-0.4, -0.2) is 8.07 Å². The average molecular weight is 714 g/mol. The number of anilines is 3. The Kier molecular flexibility index (Phi) is 6.68. The lowest BCUT2D eigenvalue weighted by atomic mass is 10.0. The van der Waals surface area contributed by atoms with Crippen LogP contribution >= 0.6 is 22.7 Å². The van der Waals surface area contributed by atoms with Crippen molar-refractivity contribution in [2.24, 2.45) is 0 Å². The van der Waals surface area contributed by atoms with Gasteiger partial charge in [0.2, 0.25) is 0 Å². The molecule has 0 unspecified atom stereocenters. The predicted octanol–water partition coefficient (Wildman–Crippen LogP) is 11.2. The van der Waals surface area contributed by atoms with Crippen LogP contribution in [0, 0.1) is 0 Å². The summed E-state index contributed by atoms with van der Waals surface area (Å²) in [6.07, 6.45) is 0. The van der Waals surface area contributed by atoms with Gasteiger partial charge in [-0.05, 0) is 62.2 Å². The molecule has 2 aromatic heterocycles. The number of para-hydroxylation sites is 2. The molecule has 0 spiro atoms. The van der Waals surface area contributed by atoms with Crippen LogP contribution in [0.4, 0.5) is 17.1 Å². The first-order valence-electron chi connectivity index (χ1n) is 17.8. The number of hydrogen-bond acceptors (Lipinski definition) is 3. The van der Waals surface area contributed by atoms with Crippen molar-refractivity contribution in [1.82, 2.24) is 0 Å². The SMILES string of the molecule is c1ccc([Si]2(c3ccccc3)c3ccccc3N(c3cccc(-c4cccc5c4sc4c5ccc5c6ccccc6sc54)c3)c3ccccc32)cc1. The Labute approximate surface area is 311 Å². The van der Waals surface area contributed by atoms with Crippen molar-refractivity contribution >= 4 is 109 Å². The van der Waals surface area contributed by atoms with Gasteiger partial charge >= 0.3 is 0 Å². The third-order valence-corrected chi connectivity index (χ3v) is 18.4. The molecule has 1 aliphatic rings. The fourth-order valence-corrected chi connectivity index (χ4v) is 16.5. The first kappa shape index (κ1) is 29.9. The van der Waals surface area contributed by atoms with Gasteiger partial charge in [0.25, 0.3) is 0 Å². The first-order chi connectivity index (χ1) is 25.8. The van der Waals surface area contributed by atoms with Gasteiger partial charge in [-0.15, -0.1) is 22.7 Å². The van der Waals surface area contributed by atoms with Crippen LogP contribution in [0.3, 0.4) is 0 Å². The molecule has 0 N–H and O–H groups in total. The van der Waals surface area contributed by atoms with Gasteiger partial charge in [-0.2, -0.15) is 0 Å². The van der Waals surface area contributed by atoms with Crippen molar-refractivity contribution in [2.45, 2.75) is 0 Å². The van der Waals surface area contributed by atoms with Gasteiger partial charge in [0.1, 0.15) is 0 Å². The number of hydrogen-bond donors (Lipinski definition) is 0. The van der Waals surface area contributed by atoms with Gasteiger partial charge in [0.05, 0.1) is 9.40 Å². The van der Waals surface area contributed by atoms with E-state index in [1.165, 1.54) is 89.3 Å². The Balaban J connectivity index is 1.13. The average Bonchev–Trinajstić information content (AvgIpc) is 3.80. The van der Waals surface area contributed by atoms with Crippen LogP contribution in [0.1, 0.15) is 0 Å². The van der Waals surface area contributed by atoms with E-state index in [2.05, 4.69) is 193 Å². The molecule has 0 amide bonds. The Morgan fingerprint density at radius 3 is 1.63 bits per heavy atom. The van der Waals surface area contributed by atoms with Crippen molar-refractivity contribution in [3.8, 4) is 11.1 Å². The van der Waals surface area contributed by atoms with Crippen LogP contribution < -0.4 is 25.6 Å². The zero-order chi connectivity index (χ0) is 34.2. The molecule has 0 saturated carbocycles. The minimum atomic E-state index is -2.66. The largest absolute Gasteiger partial charge is 0.311 e. The maximum Gasteiger partial charge on any atom is 0.184 e. The highest BCUT2D eigenvalue weighted by atomic mass is 32.1. The molecule has 244 valence electrons. The molecule has 11 rings (SSSR count). The number of fused-ring (bicyclic) bond motifs is 9. The van der Waals surface area contributed by atoms with Gasteiger partial charge in [-0.25, -0.2) is 0 Å². The highest BCUT2D eigenvalue weighted by Crippen LogP contribution is 2.47. The lowest BCUT2D eigenvalue weighted by molar-refractivity contribution is 1.29. The summed E-state index contributed by atoms with van der Waals surface area (Å²) in [6, 6.07) is 70.3. The standard InChI is InChI=1S/C48H31NS2Si/c1-3-17-34(18-4-1)52(35-19-5-2-6-20-35)44-27-11-8-24-41(44)49(42-25-9-12-28-45(42)52)33-16-13-15-32(31-33)36-22-14-23-38-40-30-29-39-37-21-7-10-26-43(37)50-47(39)48(40)51-46(36)38/h1-31H. The van der Waals surface area contributed by atoms with E-state index in [-0.39, 0.29) is 0 Å². The van der Waals surface area contributed by atoms with Crippen molar-refractivity contribution in [3.05, 3.63) is 188 Å². The molecular formula is C48H31NS2Si. The maximum absolute atomic E-state index is 2.66. The summed E-state index contributed by atoms with van der Waals surface area (Å²) in [6.45, 7) is 0. The van der Waals surface area contributed by atoms with Crippen LogP contribution in [0.25, 0.3) is 51.5 Å². The van der Waals surface area contributed by atoms with E-state index >= 15 is 0 Å². The molecule has 1 nitrogen and oxygen atoms in total. The third-order valence-electron chi connectivity index (χ3n) is 10.9. The summed E-state index contributed by atoms with van der Waals surface area (Å²) >= 11 is 3.86. The van der Waals surface area contributed by atoms with Crippen LogP contribution in [0.15, 0.2) is 188 Å². The van der Waals surface area contributed by atoms with Crippen molar-refractivity contribution < 1.29 is 0 Å². The Hall–Kier alpha value is -5.78. The van der Waals surface area contributed by atoms with Gasteiger partial charge in [0.15, 0.2) is 8.07 Å². The summed E-state index contributed by atoms with van der Waals surface area (Å²) in [4.78, 5) is 2.51. The fraction of sp³-hybridized carbons (Fsp3) is 0. The normalized spacial score (nSPS) is 13.5. The van der Waals surface area contributed by atoms with E-state index in [0.29, 0.717) is 0 Å². The molecule has 0 saturated heterocycles. The van der Waals surface area contributed by atoms with Crippen molar-refractivity contribution in [2.75, 3.05) is 4.90 Å². The molecule has 0 atom stereocenters. The molecule has 8 aromatic carbocycles. The lowest BCUT2D eigenvalue weighted by Crippen LogP contribution is -2.77. The van der Waals surface area contributed by atoms with Crippen LogP contribution in [-0.2, 0) is 0 Å². The zero-order valence-corrected chi connectivity index (χ0v) is 30.8. The minimum Gasteiger partial charge on any atom is -0.311 e. The Bertz CT molecular complexity index is 2890. The summed E-state index contributed by atoms with van der Waals surface area (Å²) in [5, 5.41) is 11.0. The highest BCUT2D eigenvalue weighted by molar-refractivity contribution is 7.33. The van der Waals surface area contributed by atoms with Crippen molar-refractivity contribution in [3.63, 3.8) is 0 Å². The number of rotatable bonds is 4. The van der Waals surface area contributed by atoms with Gasteiger partial charge in [-0.3, -0.25) is 0 Å². The van der Waals surface area contributed by atoms with E-state index in [1.807, 2.05) is 22.7 Å². The molecule has 10 aromatic rings. The van der Waals surface area contributed by atoms with E-state index in [0.717, 1.165) is 0 Å². The molecule has 0 radical (unpaired) electrons. The second-order valence-corrected chi connectivity index (χ2v) is 19.4. The molecule has 4 heteroatoms. The lowest BCUT2D eigenvalue weighted by Gasteiger charge is -2.45. The minimum absolute atomic E-state index is 1.17. The van der Waals surface area contributed by atoms with Gasteiger partial charge in [-0.1, -0.05) is 158 Å². The first-order valence-corrected chi connectivity index (χ1v) is 21.4. The summed E-state index contributed by atoms with van der Waals surface area (Å²) in [5.74, 6) is 0. The number of thiophene rings is 2. The second-order valence-electron chi connectivity index (χ2n) is 13.6. The molecule has 0 fully saturated rings. The topological polar surface area (TPSA) is 3.24 Å². The van der Waals surface area contributed by atoms with Gasteiger partial charge < -0.3 is 4.90 Å². The maximum atomic E-state index is 2.51. The number of benzene rings is 8. The highest BCUT2D eigenvalue weighted by Gasteiger charge is 2.48. The van der Waals surface area contributed by atoms with Crippen LogP contribution in [0.2, 0.25) is 0 Å². The predicted molar refractivity (Wildman–Crippen MR) is 230 cm³/mol. The second kappa shape index (κ2) is 11.6. The summed E-state index contributed by atoms with van der Waals surface area (Å²) in [5.41, 5.74) is 6.20. The molecule has 52 heavy (non-hydrogen) atoms. The fourth-order valence-electron chi connectivity index (χ4n) is 8.77. The van der Waals surface area contributed by atoms with Crippen molar-refractivity contribution in [1.29, 1.82) is 0 Å². The third kappa shape index (κ3) is 4.20. The quantitative estimate of drug-likeness (QED) is 0.164. The smallest absolute Gasteiger partial charge is 0.184 e. The number of nitrogens with zero attached hydrogens (tertiary/aromatic N) is 1. The Morgan fingerprint density at radius 2 is 0.923 bits per heavy atom. The summed E-state index contributed by atoms with van der Waals surface area (Å²) in [7, 11) is -2.66. The van der Waals surface area contributed by atoms with E-state index in [1.54, 1.807) is 0 Å². The molecule has 3 heterocycles.